The molecule has 0 bridgehead atoms. The van der Waals surface area contributed by atoms with Gasteiger partial charge >= 0.3 is 0 Å². The van der Waals surface area contributed by atoms with Gasteiger partial charge < -0.3 is 14.8 Å². The van der Waals surface area contributed by atoms with E-state index in [2.05, 4.69) is 27.9 Å². The zero-order chi connectivity index (χ0) is 18.7. The number of nitrogens with zero attached hydrogens (tertiary/aromatic N) is 1. The number of hydrogen-bond donors (Lipinski definition) is 1. The van der Waals surface area contributed by atoms with Crippen molar-refractivity contribution >= 4 is 51.9 Å². The molecule has 2 aromatic rings. The van der Waals surface area contributed by atoms with Crippen molar-refractivity contribution in [1.82, 2.24) is 10.2 Å². The van der Waals surface area contributed by atoms with E-state index in [9.17, 15) is 4.79 Å². The Morgan fingerprint density at radius 3 is 2.58 bits per heavy atom. The number of methoxy groups -OCH3 is 1. The lowest BCUT2D eigenvalue weighted by molar-refractivity contribution is -0.121. The Hall–Kier alpha value is -2.13. The van der Waals surface area contributed by atoms with Gasteiger partial charge in [-0.3, -0.25) is 9.69 Å². The molecule has 0 saturated carbocycles. The summed E-state index contributed by atoms with van der Waals surface area (Å²) in [5.74, 6) is 1.37. The number of amides is 1. The van der Waals surface area contributed by atoms with Gasteiger partial charge in [0.1, 0.15) is 23.8 Å². The van der Waals surface area contributed by atoms with Crippen LogP contribution in [-0.2, 0) is 11.4 Å². The molecule has 26 heavy (non-hydrogen) atoms. The summed E-state index contributed by atoms with van der Waals surface area (Å²) in [6.07, 6.45) is 1.77. The highest BCUT2D eigenvalue weighted by atomic mass is 127. The largest absolute Gasteiger partial charge is 0.496 e. The van der Waals surface area contributed by atoms with Crippen LogP contribution in [0.3, 0.4) is 0 Å². The first-order chi connectivity index (χ1) is 12.5. The molecule has 0 unspecified atom stereocenters. The number of hydrogen-bond acceptors (Lipinski definition) is 4. The molecule has 1 amide bonds. The standard InChI is InChI=1S/C19H17IN2O3S/c1-22-18(23)16(21-19(22)26)10-12-3-8-17(24-2)13(9-12)11-25-15-6-4-14(20)5-7-15/h3-10H,11H2,1-2H3,(H,21,26)/b16-10+. The summed E-state index contributed by atoms with van der Waals surface area (Å²) in [5.41, 5.74) is 2.20. The average Bonchev–Trinajstić information content (AvgIpc) is 2.88. The molecule has 1 heterocycles. The Kier molecular flexibility index (Phi) is 5.77. The second-order valence-corrected chi connectivity index (χ2v) is 7.30. The van der Waals surface area contributed by atoms with Crippen LogP contribution in [0.2, 0.25) is 0 Å². The molecule has 3 rings (SSSR count). The van der Waals surface area contributed by atoms with Crippen molar-refractivity contribution in [3.8, 4) is 11.5 Å². The monoisotopic (exact) mass is 480 g/mol. The minimum atomic E-state index is -0.150. The molecule has 0 radical (unpaired) electrons. The highest BCUT2D eigenvalue weighted by molar-refractivity contribution is 14.1. The molecule has 1 aliphatic rings. The molecule has 0 atom stereocenters. The van der Waals surface area contributed by atoms with E-state index in [1.165, 1.54) is 4.90 Å². The van der Waals surface area contributed by atoms with E-state index in [1.54, 1.807) is 20.2 Å². The van der Waals surface area contributed by atoms with Gasteiger partial charge in [-0.2, -0.15) is 0 Å². The summed E-state index contributed by atoms with van der Waals surface area (Å²) in [6.45, 7) is 0.362. The lowest BCUT2D eigenvalue weighted by atomic mass is 10.1. The second-order valence-electron chi connectivity index (χ2n) is 5.67. The highest BCUT2D eigenvalue weighted by Crippen LogP contribution is 2.24. The van der Waals surface area contributed by atoms with Crippen LogP contribution in [0, 0.1) is 3.57 Å². The molecule has 134 valence electrons. The summed E-state index contributed by atoms with van der Waals surface area (Å²) >= 11 is 7.35. The second kappa shape index (κ2) is 8.05. The van der Waals surface area contributed by atoms with Crippen molar-refractivity contribution < 1.29 is 14.3 Å². The van der Waals surface area contributed by atoms with Gasteiger partial charge in [0.05, 0.1) is 7.11 Å². The Balaban J connectivity index is 1.81. The van der Waals surface area contributed by atoms with Crippen LogP contribution in [0.1, 0.15) is 11.1 Å². The van der Waals surface area contributed by atoms with E-state index >= 15 is 0 Å². The molecule has 1 aliphatic heterocycles. The van der Waals surface area contributed by atoms with Gasteiger partial charge in [0, 0.05) is 16.2 Å². The van der Waals surface area contributed by atoms with Crippen LogP contribution in [0.25, 0.3) is 6.08 Å². The number of carbonyl (C=O) groups is 1. The highest BCUT2D eigenvalue weighted by Gasteiger charge is 2.26. The summed E-state index contributed by atoms with van der Waals surface area (Å²) < 4.78 is 12.4. The number of likely N-dealkylation sites (N-methyl/N-ethyl adjacent to an activating group) is 1. The number of benzene rings is 2. The Labute approximate surface area is 171 Å². The minimum absolute atomic E-state index is 0.150. The van der Waals surface area contributed by atoms with Crippen molar-refractivity contribution in [1.29, 1.82) is 0 Å². The molecule has 1 fully saturated rings. The summed E-state index contributed by atoms with van der Waals surface area (Å²) in [6, 6.07) is 13.5. The molecular formula is C19H17IN2O3S. The van der Waals surface area contributed by atoms with Crippen LogP contribution >= 0.6 is 34.8 Å². The molecule has 2 aromatic carbocycles. The van der Waals surface area contributed by atoms with Gasteiger partial charge in [0.15, 0.2) is 5.11 Å². The zero-order valence-electron chi connectivity index (χ0n) is 14.3. The summed E-state index contributed by atoms with van der Waals surface area (Å²) in [5, 5.41) is 3.32. The molecule has 0 aliphatic carbocycles. The zero-order valence-corrected chi connectivity index (χ0v) is 17.3. The fourth-order valence-electron chi connectivity index (χ4n) is 2.48. The van der Waals surface area contributed by atoms with E-state index in [1.807, 2.05) is 42.5 Å². The van der Waals surface area contributed by atoms with Crippen LogP contribution in [0.15, 0.2) is 48.2 Å². The first kappa shape index (κ1) is 18.7. The molecule has 1 N–H and O–H groups in total. The topological polar surface area (TPSA) is 50.8 Å². The third-order valence-electron chi connectivity index (χ3n) is 3.90. The summed E-state index contributed by atoms with van der Waals surface area (Å²) in [4.78, 5) is 13.5. The number of ether oxygens (including phenoxy) is 2. The number of carbonyl (C=O) groups excluding carboxylic acids is 1. The smallest absolute Gasteiger partial charge is 0.276 e. The quantitative estimate of drug-likeness (QED) is 0.403. The molecular weight excluding hydrogens is 463 g/mol. The van der Waals surface area contributed by atoms with Crippen molar-refractivity contribution in [3.05, 3.63) is 62.9 Å². The maximum atomic E-state index is 12.1. The van der Waals surface area contributed by atoms with E-state index in [0.717, 1.165) is 26.2 Å². The Morgan fingerprint density at radius 2 is 1.96 bits per heavy atom. The normalized spacial score (nSPS) is 15.3. The first-order valence-electron chi connectivity index (χ1n) is 7.84. The Bertz CT molecular complexity index is 881. The third-order valence-corrected chi connectivity index (χ3v) is 5.00. The lowest BCUT2D eigenvalue weighted by Gasteiger charge is -2.11. The van der Waals surface area contributed by atoms with Crippen molar-refractivity contribution in [2.75, 3.05) is 14.2 Å². The molecule has 0 aromatic heterocycles. The van der Waals surface area contributed by atoms with Gasteiger partial charge in [0.25, 0.3) is 5.91 Å². The van der Waals surface area contributed by atoms with E-state index < -0.39 is 0 Å². The fraction of sp³-hybridized carbons (Fsp3) is 0.158. The maximum absolute atomic E-state index is 12.1. The number of halogens is 1. The number of thiocarbonyl (C=S) groups is 1. The molecule has 1 saturated heterocycles. The predicted octanol–water partition coefficient (Wildman–Crippen LogP) is 3.57. The Morgan fingerprint density at radius 1 is 1.23 bits per heavy atom. The van der Waals surface area contributed by atoms with Crippen molar-refractivity contribution in [2.24, 2.45) is 0 Å². The SMILES string of the molecule is COc1ccc(/C=C2/NC(=S)N(C)C2=O)cc1COc1ccc(I)cc1. The first-order valence-corrected chi connectivity index (χ1v) is 9.32. The fourth-order valence-corrected chi connectivity index (χ4v) is 3.04. The van der Waals surface area contributed by atoms with Crippen molar-refractivity contribution in [2.45, 2.75) is 6.61 Å². The van der Waals surface area contributed by atoms with E-state index in [-0.39, 0.29) is 5.91 Å². The van der Waals surface area contributed by atoms with Crippen LogP contribution in [0.5, 0.6) is 11.5 Å². The van der Waals surface area contributed by atoms with E-state index in [4.69, 9.17) is 21.7 Å². The molecule has 0 spiro atoms. The van der Waals surface area contributed by atoms with Crippen LogP contribution in [0.4, 0.5) is 0 Å². The molecule has 5 nitrogen and oxygen atoms in total. The van der Waals surface area contributed by atoms with Gasteiger partial charge in [-0.25, -0.2) is 0 Å². The maximum Gasteiger partial charge on any atom is 0.276 e. The van der Waals surface area contributed by atoms with E-state index in [0.29, 0.717) is 17.4 Å². The minimum Gasteiger partial charge on any atom is -0.496 e. The van der Waals surface area contributed by atoms with Gasteiger partial charge in [-0.1, -0.05) is 6.07 Å². The predicted molar refractivity (Wildman–Crippen MR) is 113 cm³/mol. The van der Waals surface area contributed by atoms with Crippen LogP contribution < -0.4 is 14.8 Å². The lowest BCUT2D eigenvalue weighted by Crippen LogP contribution is -2.25. The van der Waals surface area contributed by atoms with Gasteiger partial charge in [-0.05, 0) is 82.8 Å². The average molecular weight is 480 g/mol. The van der Waals surface area contributed by atoms with Crippen molar-refractivity contribution in [3.63, 3.8) is 0 Å². The number of rotatable bonds is 5. The third kappa shape index (κ3) is 4.16. The van der Waals surface area contributed by atoms with Crippen LogP contribution in [-0.4, -0.2) is 30.1 Å². The summed E-state index contributed by atoms with van der Waals surface area (Å²) in [7, 11) is 3.27. The van der Waals surface area contributed by atoms with Gasteiger partial charge in [-0.15, -0.1) is 0 Å². The molecule has 7 heteroatoms. The van der Waals surface area contributed by atoms with Gasteiger partial charge in [0.2, 0.25) is 0 Å². The number of nitrogens with one attached hydrogen (secondary N) is 1.